The molecule has 2 aromatic heterocycles. The average Bonchev–Trinajstić information content (AvgIpc) is 3.13. The van der Waals surface area contributed by atoms with Gasteiger partial charge in [-0.3, -0.25) is 19.7 Å². The second-order valence-electron chi connectivity index (χ2n) is 6.19. The zero-order chi connectivity index (χ0) is 21.8. The summed E-state index contributed by atoms with van der Waals surface area (Å²) in [5, 5.41) is 42.0. The van der Waals surface area contributed by atoms with E-state index >= 15 is 0 Å². The summed E-state index contributed by atoms with van der Waals surface area (Å²) in [4.78, 5) is 39.0. The maximum atomic E-state index is 12.5. The number of aromatic hydroxyl groups is 2. The first-order valence-electron chi connectivity index (χ1n) is 8.49. The monoisotopic (exact) mass is 429 g/mol. The van der Waals surface area contributed by atoms with Gasteiger partial charge in [0.15, 0.2) is 11.5 Å². The molecule has 2 heterocycles. The van der Waals surface area contributed by atoms with E-state index < -0.39 is 40.4 Å². The SMILES string of the molecule is O=C(O)Cc1ccc(-c2cccnc2NC(=O)Cc2cc([N+](=O)[O-])cc(O)c2O)s1. The van der Waals surface area contributed by atoms with Gasteiger partial charge in [0, 0.05) is 33.1 Å². The molecule has 0 aliphatic carbocycles. The minimum atomic E-state index is -0.955. The number of amides is 1. The third-order valence-corrected chi connectivity index (χ3v) is 5.15. The number of pyridine rings is 1. The van der Waals surface area contributed by atoms with Crippen LogP contribution < -0.4 is 5.32 Å². The number of nitro benzene ring substituents is 1. The zero-order valence-electron chi connectivity index (χ0n) is 15.2. The average molecular weight is 429 g/mol. The van der Waals surface area contributed by atoms with Crippen LogP contribution >= 0.6 is 11.3 Å². The Kier molecular flexibility index (Phi) is 5.93. The van der Waals surface area contributed by atoms with E-state index in [1.165, 1.54) is 17.5 Å². The van der Waals surface area contributed by atoms with Crippen molar-refractivity contribution in [2.75, 3.05) is 5.32 Å². The summed E-state index contributed by atoms with van der Waals surface area (Å²) in [5.41, 5.74) is -0.00804. The summed E-state index contributed by atoms with van der Waals surface area (Å²) in [6.07, 6.45) is 0.898. The Morgan fingerprint density at radius 1 is 1.17 bits per heavy atom. The van der Waals surface area contributed by atoms with Crippen molar-refractivity contribution >= 4 is 34.7 Å². The zero-order valence-corrected chi connectivity index (χ0v) is 16.0. The highest BCUT2D eigenvalue weighted by atomic mass is 32.1. The van der Waals surface area contributed by atoms with E-state index in [9.17, 15) is 29.9 Å². The normalized spacial score (nSPS) is 10.5. The highest BCUT2D eigenvalue weighted by Gasteiger charge is 2.19. The third kappa shape index (κ3) is 4.70. The topological polar surface area (TPSA) is 163 Å². The second kappa shape index (κ2) is 8.57. The van der Waals surface area contributed by atoms with Crippen molar-refractivity contribution in [3.63, 3.8) is 0 Å². The fourth-order valence-electron chi connectivity index (χ4n) is 2.72. The summed E-state index contributed by atoms with van der Waals surface area (Å²) >= 11 is 1.25. The van der Waals surface area contributed by atoms with Crippen molar-refractivity contribution in [1.82, 2.24) is 4.98 Å². The van der Waals surface area contributed by atoms with Gasteiger partial charge in [-0.05, 0) is 24.3 Å². The minimum Gasteiger partial charge on any atom is -0.504 e. The number of thiophene rings is 1. The Balaban J connectivity index is 1.83. The molecule has 0 radical (unpaired) electrons. The van der Waals surface area contributed by atoms with Crippen molar-refractivity contribution in [3.8, 4) is 21.9 Å². The largest absolute Gasteiger partial charge is 0.504 e. The van der Waals surface area contributed by atoms with Crippen molar-refractivity contribution in [3.05, 3.63) is 63.1 Å². The van der Waals surface area contributed by atoms with Crippen LogP contribution in [0.3, 0.4) is 0 Å². The van der Waals surface area contributed by atoms with E-state index in [-0.39, 0.29) is 17.8 Å². The number of hydrogen-bond acceptors (Lipinski definition) is 8. The first-order chi connectivity index (χ1) is 14.2. The number of anilines is 1. The molecule has 0 saturated carbocycles. The highest BCUT2D eigenvalue weighted by Crippen LogP contribution is 2.35. The molecule has 0 fully saturated rings. The van der Waals surface area contributed by atoms with Crippen molar-refractivity contribution in [2.45, 2.75) is 12.8 Å². The highest BCUT2D eigenvalue weighted by molar-refractivity contribution is 7.15. The molecular weight excluding hydrogens is 414 g/mol. The summed E-state index contributed by atoms with van der Waals surface area (Å²) in [6, 6.07) is 8.56. The molecule has 3 rings (SSSR count). The molecule has 30 heavy (non-hydrogen) atoms. The number of carbonyl (C=O) groups is 2. The van der Waals surface area contributed by atoms with Gasteiger partial charge in [-0.1, -0.05) is 0 Å². The lowest BCUT2D eigenvalue weighted by molar-refractivity contribution is -0.385. The van der Waals surface area contributed by atoms with Crippen LogP contribution in [0.2, 0.25) is 0 Å². The molecule has 0 unspecified atom stereocenters. The Labute approximate surface area is 173 Å². The van der Waals surface area contributed by atoms with E-state index in [1.54, 1.807) is 24.3 Å². The number of benzene rings is 1. The third-order valence-electron chi connectivity index (χ3n) is 4.03. The summed E-state index contributed by atoms with van der Waals surface area (Å²) in [5.74, 6) is -2.68. The maximum Gasteiger partial charge on any atom is 0.308 e. The van der Waals surface area contributed by atoms with Crippen LogP contribution in [-0.2, 0) is 22.4 Å². The van der Waals surface area contributed by atoms with Gasteiger partial charge < -0.3 is 20.6 Å². The molecule has 4 N–H and O–H groups in total. The summed E-state index contributed by atoms with van der Waals surface area (Å²) in [7, 11) is 0. The molecule has 0 atom stereocenters. The van der Waals surface area contributed by atoms with E-state index in [1.807, 2.05) is 0 Å². The second-order valence-corrected chi connectivity index (χ2v) is 7.36. The lowest BCUT2D eigenvalue weighted by atomic mass is 10.1. The quantitative estimate of drug-likeness (QED) is 0.253. The molecule has 11 heteroatoms. The fraction of sp³-hybridized carbons (Fsp3) is 0.105. The molecule has 10 nitrogen and oxygen atoms in total. The number of aliphatic carboxylic acids is 1. The molecule has 0 bridgehead atoms. The number of phenolic OH excluding ortho intramolecular Hbond substituents is 2. The van der Waals surface area contributed by atoms with Crippen LogP contribution in [0.5, 0.6) is 11.5 Å². The van der Waals surface area contributed by atoms with Crippen molar-refractivity contribution in [1.29, 1.82) is 0 Å². The van der Waals surface area contributed by atoms with Gasteiger partial charge >= 0.3 is 5.97 Å². The van der Waals surface area contributed by atoms with Crippen LogP contribution in [0.1, 0.15) is 10.4 Å². The van der Waals surface area contributed by atoms with Gasteiger partial charge in [-0.25, -0.2) is 4.98 Å². The van der Waals surface area contributed by atoms with Crippen LogP contribution in [-0.4, -0.2) is 37.1 Å². The van der Waals surface area contributed by atoms with Gasteiger partial charge in [0.1, 0.15) is 5.82 Å². The number of nitrogens with one attached hydrogen (secondary N) is 1. The fourth-order valence-corrected chi connectivity index (χ4v) is 3.75. The molecular formula is C19H15N3O7S. The maximum absolute atomic E-state index is 12.5. The van der Waals surface area contributed by atoms with Crippen LogP contribution in [0.4, 0.5) is 11.5 Å². The van der Waals surface area contributed by atoms with E-state index in [0.717, 1.165) is 12.1 Å². The predicted molar refractivity (Wildman–Crippen MR) is 108 cm³/mol. The van der Waals surface area contributed by atoms with Gasteiger partial charge in [0.25, 0.3) is 5.69 Å². The van der Waals surface area contributed by atoms with Gasteiger partial charge in [-0.2, -0.15) is 0 Å². The molecule has 154 valence electrons. The molecule has 0 aliphatic heterocycles. The van der Waals surface area contributed by atoms with Gasteiger partial charge in [0.05, 0.1) is 23.8 Å². The molecule has 0 saturated heterocycles. The number of carbonyl (C=O) groups excluding carboxylic acids is 1. The van der Waals surface area contributed by atoms with Crippen LogP contribution in [0, 0.1) is 10.1 Å². The summed E-state index contributed by atoms with van der Waals surface area (Å²) in [6.45, 7) is 0. The number of aromatic nitrogens is 1. The number of phenols is 2. The Morgan fingerprint density at radius 2 is 1.93 bits per heavy atom. The Hall–Kier alpha value is -3.99. The number of nitrogens with zero attached hydrogens (tertiary/aromatic N) is 2. The van der Waals surface area contributed by atoms with E-state index in [2.05, 4.69) is 10.3 Å². The molecule has 0 spiro atoms. The number of rotatable bonds is 7. The van der Waals surface area contributed by atoms with E-state index in [4.69, 9.17) is 5.11 Å². The van der Waals surface area contributed by atoms with Crippen molar-refractivity contribution in [2.24, 2.45) is 0 Å². The lowest BCUT2D eigenvalue weighted by Crippen LogP contribution is -2.16. The minimum absolute atomic E-state index is 0.114. The molecule has 1 amide bonds. The number of non-ortho nitro benzene ring substituents is 1. The Morgan fingerprint density at radius 3 is 2.63 bits per heavy atom. The number of nitro groups is 1. The van der Waals surface area contributed by atoms with E-state index in [0.29, 0.717) is 15.3 Å². The standard InChI is InChI=1S/C19H15N3O7S/c23-14-8-11(22(28)29)6-10(18(14)27)7-16(24)21-19-13(2-1-5-20-19)15-4-3-12(30-15)9-17(25)26/h1-6,8,23,27H,7,9H2,(H,25,26)(H,20,21,24). The lowest BCUT2D eigenvalue weighted by Gasteiger charge is -2.10. The number of hydrogen-bond donors (Lipinski definition) is 4. The van der Waals surface area contributed by atoms with Crippen LogP contribution in [0.15, 0.2) is 42.6 Å². The first-order valence-corrected chi connectivity index (χ1v) is 9.31. The first kappa shape index (κ1) is 20.7. The molecule has 0 aliphatic rings. The number of carboxylic acid groups (broad SMARTS) is 1. The van der Waals surface area contributed by atoms with Gasteiger partial charge in [0.2, 0.25) is 5.91 Å². The summed E-state index contributed by atoms with van der Waals surface area (Å²) < 4.78 is 0. The smallest absolute Gasteiger partial charge is 0.308 e. The number of carboxylic acids is 1. The van der Waals surface area contributed by atoms with Crippen LogP contribution in [0.25, 0.3) is 10.4 Å². The molecule has 3 aromatic rings. The van der Waals surface area contributed by atoms with Crippen molar-refractivity contribution < 1.29 is 29.8 Å². The van der Waals surface area contributed by atoms with Gasteiger partial charge in [-0.15, -0.1) is 11.3 Å². The Bertz CT molecular complexity index is 1140. The predicted octanol–water partition coefficient (Wildman–Crippen LogP) is 2.94. The molecule has 1 aromatic carbocycles.